The van der Waals surface area contributed by atoms with E-state index in [-0.39, 0.29) is 15.1 Å². The maximum atomic E-state index is 12.1. The van der Waals surface area contributed by atoms with Crippen LogP contribution in [0.2, 0.25) is 0 Å². The summed E-state index contributed by atoms with van der Waals surface area (Å²) in [4.78, 5) is 13.0. The summed E-state index contributed by atoms with van der Waals surface area (Å²) >= 11 is 0.768. The highest BCUT2D eigenvalue weighted by Crippen LogP contribution is 2.21. The predicted molar refractivity (Wildman–Crippen MR) is 76.7 cm³/mol. The van der Waals surface area contributed by atoms with E-state index in [1.54, 1.807) is 0 Å². The highest BCUT2D eigenvalue weighted by Gasteiger charge is 2.22. The highest BCUT2D eigenvalue weighted by molar-refractivity contribution is 7.91. The summed E-state index contributed by atoms with van der Waals surface area (Å²) in [7, 11) is -3.62. The van der Waals surface area contributed by atoms with E-state index in [9.17, 15) is 13.2 Å². The number of hydrogen-bond acceptors (Lipinski definition) is 5. The fourth-order valence-corrected chi connectivity index (χ4v) is 4.50. The Kier molecular flexibility index (Phi) is 4.79. The van der Waals surface area contributed by atoms with Crippen molar-refractivity contribution in [1.29, 1.82) is 0 Å². The number of thiophene rings is 1. The van der Waals surface area contributed by atoms with Gasteiger partial charge in [0, 0.05) is 12.6 Å². The van der Waals surface area contributed by atoms with Crippen LogP contribution >= 0.6 is 11.3 Å². The first-order valence-corrected chi connectivity index (χ1v) is 8.77. The number of sulfonamides is 1. The average molecular weight is 318 g/mol. The first-order valence-electron chi connectivity index (χ1n) is 6.47. The summed E-state index contributed by atoms with van der Waals surface area (Å²) in [5, 5.41) is 8.81. The molecule has 112 valence electrons. The zero-order valence-corrected chi connectivity index (χ0v) is 12.8. The molecule has 0 aromatic carbocycles. The third-order valence-corrected chi connectivity index (χ3v) is 6.38. The number of nitrogens with one attached hydrogen (secondary N) is 1. The van der Waals surface area contributed by atoms with Gasteiger partial charge >= 0.3 is 5.97 Å². The maximum Gasteiger partial charge on any atom is 0.345 e. The third kappa shape index (κ3) is 3.57. The van der Waals surface area contributed by atoms with Crippen LogP contribution in [-0.2, 0) is 10.0 Å². The fourth-order valence-electron chi connectivity index (χ4n) is 2.19. The van der Waals surface area contributed by atoms with Crippen LogP contribution in [0, 0.1) is 0 Å². The molecular formula is C12H18N2O4S2. The summed E-state index contributed by atoms with van der Waals surface area (Å²) in [6.45, 7) is 4.34. The zero-order valence-electron chi connectivity index (χ0n) is 11.2. The summed E-state index contributed by atoms with van der Waals surface area (Å²) in [6.07, 6.45) is 2.31. The van der Waals surface area contributed by atoms with Gasteiger partial charge in [-0.25, -0.2) is 17.9 Å². The Morgan fingerprint density at radius 3 is 2.65 bits per heavy atom. The van der Waals surface area contributed by atoms with E-state index in [4.69, 9.17) is 5.11 Å². The molecular weight excluding hydrogens is 300 g/mol. The molecule has 2 N–H and O–H groups in total. The lowest BCUT2D eigenvalue weighted by Crippen LogP contribution is -2.40. The molecule has 0 saturated carbocycles. The molecule has 0 aliphatic carbocycles. The fraction of sp³-hybridized carbons (Fsp3) is 0.583. The molecule has 1 aliphatic rings. The molecule has 1 unspecified atom stereocenters. The minimum atomic E-state index is -3.62. The van der Waals surface area contributed by atoms with Crippen molar-refractivity contribution in [2.24, 2.45) is 0 Å². The highest BCUT2D eigenvalue weighted by atomic mass is 32.2. The second-order valence-electron chi connectivity index (χ2n) is 4.87. The first kappa shape index (κ1) is 15.4. The van der Waals surface area contributed by atoms with E-state index in [2.05, 4.69) is 9.62 Å². The van der Waals surface area contributed by atoms with Gasteiger partial charge in [-0.2, -0.15) is 0 Å². The summed E-state index contributed by atoms with van der Waals surface area (Å²) < 4.78 is 26.7. The van der Waals surface area contributed by atoms with Crippen molar-refractivity contribution >= 4 is 27.3 Å². The first-order chi connectivity index (χ1) is 9.40. The van der Waals surface area contributed by atoms with Crippen molar-refractivity contribution in [3.63, 3.8) is 0 Å². The van der Waals surface area contributed by atoms with Crippen LogP contribution in [0.3, 0.4) is 0 Å². The normalized spacial score (nSPS) is 18.2. The standard InChI is InChI=1S/C12H18N2O4S2/c1-9(14-6-2-3-7-14)8-13-20(17,18)11-5-4-10(19-11)12(15)16/h4-5,9,13H,2-3,6-8H2,1H3,(H,15,16). The van der Waals surface area contributed by atoms with Crippen LogP contribution in [-0.4, -0.2) is 50.1 Å². The average Bonchev–Trinajstić information content (AvgIpc) is 3.06. The van der Waals surface area contributed by atoms with Crippen LogP contribution in [0.25, 0.3) is 0 Å². The van der Waals surface area contributed by atoms with Crippen molar-refractivity contribution in [2.45, 2.75) is 30.0 Å². The van der Waals surface area contributed by atoms with Crippen molar-refractivity contribution in [1.82, 2.24) is 9.62 Å². The molecule has 0 spiro atoms. The lowest BCUT2D eigenvalue weighted by atomic mass is 10.3. The van der Waals surface area contributed by atoms with Crippen LogP contribution < -0.4 is 4.72 Å². The summed E-state index contributed by atoms with van der Waals surface area (Å²) in [6, 6.07) is 2.79. The largest absolute Gasteiger partial charge is 0.477 e. The van der Waals surface area contributed by atoms with E-state index in [1.165, 1.54) is 12.1 Å². The molecule has 2 heterocycles. The SMILES string of the molecule is CC(CNS(=O)(=O)c1ccc(C(=O)O)s1)N1CCCC1. The van der Waals surface area contributed by atoms with Gasteiger partial charge in [0.15, 0.2) is 0 Å². The van der Waals surface area contributed by atoms with Crippen molar-refractivity contribution < 1.29 is 18.3 Å². The number of hydrogen-bond donors (Lipinski definition) is 2. The second-order valence-corrected chi connectivity index (χ2v) is 7.95. The molecule has 0 radical (unpaired) electrons. The Bertz CT molecular complexity index is 576. The molecule has 20 heavy (non-hydrogen) atoms. The second kappa shape index (κ2) is 6.21. The van der Waals surface area contributed by atoms with Crippen molar-refractivity contribution in [3.8, 4) is 0 Å². The number of likely N-dealkylation sites (tertiary alicyclic amines) is 1. The topological polar surface area (TPSA) is 86.7 Å². The molecule has 1 fully saturated rings. The number of carboxylic acid groups (broad SMARTS) is 1. The van der Waals surface area contributed by atoms with Gasteiger partial charge in [-0.3, -0.25) is 4.90 Å². The molecule has 8 heteroatoms. The van der Waals surface area contributed by atoms with E-state index in [1.807, 2.05) is 6.92 Å². The van der Waals surface area contributed by atoms with Gasteiger partial charge in [-0.15, -0.1) is 11.3 Å². The van der Waals surface area contributed by atoms with Crippen molar-refractivity contribution in [2.75, 3.05) is 19.6 Å². The van der Waals surface area contributed by atoms with Gasteiger partial charge in [0.1, 0.15) is 9.09 Å². The third-order valence-electron chi connectivity index (χ3n) is 3.39. The van der Waals surface area contributed by atoms with Gasteiger partial charge < -0.3 is 5.11 Å². The Balaban J connectivity index is 1.97. The number of nitrogens with zero attached hydrogens (tertiary/aromatic N) is 1. The van der Waals surface area contributed by atoms with E-state index >= 15 is 0 Å². The van der Waals surface area contributed by atoms with Crippen LogP contribution in [0.4, 0.5) is 0 Å². The Morgan fingerprint density at radius 2 is 2.10 bits per heavy atom. The lowest BCUT2D eigenvalue weighted by Gasteiger charge is -2.23. The molecule has 2 rings (SSSR count). The molecule has 0 amide bonds. The molecule has 0 bridgehead atoms. The molecule has 6 nitrogen and oxygen atoms in total. The zero-order chi connectivity index (χ0) is 14.8. The Labute approximate surface area is 122 Å². The van der Waals surface area contributed by atoms with E-state index < -0.39 is 16.0 Å². The van der Waals surface area contributed by atoms with Crippen LogP contribution in [0.1, 0.15) is 29.4 Å². The minimum absolute atomic E-state index is 0.0259. The Hall–Kier alpha value is -0.960. The molecule has 1 aromatic heterocycles. The number of carbonyl (C=O) groups is 1. The van der Waals surface area contributed by atoms with Gasteiger partial charge in [0.2, 0.25) is 10.0 Å². The summed E-state index contributed by atoms with van der Waals surface area (Å²) in [5.74, 6) is -1.11. The van der Waals surface area contributed by atoms with Gasteiger partial charge in [-0.1, -0.05) is 0 Å². The minimum Gasteiger partial charge on any atom is -0.477 e. The maximum absolute atomic E-state index is 12.1. The van der Waals surface area contributed by atoms with Crippen LogP contribution in [0.15, 0.2) is 16.3 Å². The van der Waals surface area contributed by atoms with Crippen LogP contribution in [0.5, 0.6) is 0 Å². The Morgan fingerprint density at radius 1 is 1.45 bits per heavy atom. The van der Waals surface area contributed by atoms with Gasteiger partial charge in [-0.05, 0) is 45.0 Å². The predicted octanol–water partition coefficient (Wildman–Crippen LogP) is 1.21. The van der Waals surface area contributed by atoms with Crippen molar-refractivity contribution in [3.05, 3.63) is 17.0 Å². The van der Waals surface area contributed by atoms with Gasteiger partial charge in [0.05, 0.1) is 0 Å². The smallest absolute Gasteiger partial charge is 0.345 e. The van der Waals surface area contributed by atoms with Gasteiger partial charge in [0.25, 0.3) is 0 Å². The summed E-state index contributed by atoms with van der Waals surface area (Å²) in [5.41, 5.74) is 0. The molecule has 1 aliphatic heterocycles. The molecule has 1 aromatic rings. The number of rotatable bonds is 6. The number of aromatic carboxylic acids is 1. The monoisotopic (exact) mass is 318 g/mol. The van der Waals surface area contributed by atoms with E-state index in [0.29, 0.717) is 6.54 Å². The lowest BCUT2D eigenvalue weighted by molar-refractivity contribution is 0.0702. The van der Waals surface area contributed by atoms with E-state index in [0.717, 1.165) is 37.3 Å². The quantitative estimate of drug-likeness (QED) is 0.823. The number of carboxylic acids is 1. The molecule has 1 saturated heterocycles. The molecule has 1 atom stereocenters.